The molecule has 0 saturated heterocycles. The first kappa shape index (κ1) is 22.0. The highest BCUT2D eigenvalue weighted by Gasteiger charge is 2.33. The normalized spacial score (nSPS) is 11.7. The minimum atomic E-state index is -4.57. The summed E-state index contributed by atoms with van der Waals surface area (Å²) in [6, 6.07) is 6.34. The molecule has 1 amide bonds. The quantitative estimate of drug-likeness (QED) is 0.489. The van der Waals surface area contributed by atoms with Crippen LogP contribution in [0.25, 0.3) is 11.5 Å². The van der Waals surface area contributed by atoms with Gasteiger partial charge >= 0.3 is 6.18 Å². The molecule has 170 valence electrons. The lowest BCUT2D eigenvalue weighted by Gasteiger charge is -2.10. The van der Waals surface area contributed by atoms with Crippen molar-refractivity contribution in [2.45, 2.75) is 32.9 Å². The van der Waals surface area contributed by atoms with Gasteiger partial charge in [-0.15, -0.1) is 5.10 Å². The molecule has 0 fully saturated rings. The van der Waals surface area contributed by atoms with Crippen molar-refractivity contribution >= 4 is 11.7 Å². The zero-order chi connectivity index (χ0) is 23.8. The monoisotopic (exact) mass is 457 g/mol. The third kappa shape index (κ3) is 4.56. The third-order valence-electron chi connectivity index (χ3n) is 4.66. The van der Waals surface area contributed by atoms with Crippen LogP contribution in [0.5, 0.6) is 0 Å². The maximum atomic E-state index is 12.9. The summed E-state index contributed by atoms with van der Waals surface area (Å²) in [6.07, 6.45) is -1.28. The van der Waals surface area contributed by atoms with Crippen molar-refractivity contribution < 1.29 is 18.0 Å². The molecular weight excluding hydrogens is 439 g/mol. The van der Waals surface area contributed by atoms with E-state index >= 15 is 0 Å². The number of amides is 1. The number of imidazole rings is 1. The fourth-order valence-electron chi connectivity index (χ4n) is 3.02. The molecule has 0 spiro atoms. The van der Waals surface area contributed by atoms with Crippen LogP contribution in [-0.4, -0.2) is 45.6 Å². The Bertz CT molecular complexity index is 1310. The SMILES string of the molecule is Cc1cnc(C(=O)Nc2cccc(-n3nnnc3C(C)C)n2)cc1-n1cnc(C(F)(F)F)c1. The van der Waals surface area contributed by atoms with E-state index in [0.29, 0.717) is 22.9 Å². The summed E-state index contributed by atoms with van der Waals surface area (Å²) in [5, 5.41) is 14.2. The van der Waals surface area contributed by atoms with Crippen LogP contribution in [0.2, 0.25) is 0 Å². The summed E-state index contributed by atoms with van der Waals surface area (Å²) in [6.45, 7) is 5.54. The van der Waals surface area contributed by atoms with Gasteiger partial charge in [-0.2, -0.15) is 17.9 Å². The molecule has 0 aliphatic heterocycles. The number of alkyl halides is 3. The summed E-state index contributed by atoms with van der Waals surface area (Å²) in [7, 11) is 0. The van der Waals surface area contributed by atoms with E-state index in [2.05, 4.69) is 35.8 Å². The average Bonchev–Trinajstić information content (AvgIpc) is 3.44. The number of rotatable bonds is 5. The van der Waals surface area contributed by atoms with E-state index in [1.54, 1.807) is 25.1 Å². The first-order valence-corrected chi connectivity index (χ1v) is 9.78. The Morgan fingerprint density at radius 1 is 1.18 bits per heavy atom. The second kappa shape index (κ2) is 8.41. The number of anilines is 1. The predicted octanol–water partition coefficient (Wildman–Crippen LogP) is 3.34. The predicted molar refractivity (Wildman–Crippen MR) is 110 cm³/mol. The van der Waals surface area contributed by atoms with Crippen LogP contribution in [-0.2, 0) is 6.18 Å². The lowest BCUT2D eigenvalue weighted by atomic mass is 10.2. The highest BCUT2D eigenvalue weighted by atomic mass is 19.4. The van der Waals surface area contributed by atoms with Crippen LogP contribution in [0, 0.1) is 6.92 Å². The van der Waals surface area contributed by atoms with Gasteiger partial charge in [-0.25, -0.2) is 9.97 Å². The lowest BCUT2D eigenvalue weighted by molar-refractivity contribution is -0.140. The van der Waals surface area contributed by atoms with Crippen LogP contribution in [0.4, 0.5) is 19.0 Å². The second-order valence-electron chi connectivity index (χ2n) is 7.46. The molecule has 4 rings (SSSR count). The Balaban J connectivity index is 1.59. The Hall–Kier alpha value is -4.16. The Morgan fingerprint density at radius 2 is 1.97 bits per heavy atom. The molecule has 0 aromatic carbocycles. The maximum Gasteiger partial charge on any atom is 0.434 e. The minimum absolute atomic E-state index is 0.00430. The van der Waals surface area contributed by atoms with Gasteiger partial charge in [0.25, 0.3) is 5.91 Å². The number of aromatic nitrogens is 8. The number of pyridine rings is 2. The van der Waals surface area contributed by atoms with Gasteiger partial charge in [0.2, 0.25) is 0 Å². The molecule has 33 heavy (non-hydrogen) atoms. The number of tetrazole rings is 1. The minimum Gasteiger partial charge on any atom is -0.305 e. The molecule has 0 aliphatic carbocycles. The van der Waals surface area contributed by atoms with Crippen molar-refractivity contribution in [1.82, 2.24) is 39.7 Å². The Labute approximate surface area is 185 Å². The highest BCUT2D eigenvalue weighted by molar-refractivity contribution is 6.02. The number of nitrogens with zero attached hydrogens (tertiary/aromatic N) is 8. The number of hydrogen-bond donors (Lipinski definition) is 1. The van der Waals surface area contributed by atoms with Crippen molar-refractivity contribution in [2.75, 3.05) is 5.32 Å². The van der Waals surface area contributed by atoms with Crippen molar-refractivity contribution in [3.63, 3.8) is 0 Å². The van der Waals surface area contributed by atoms with Gasteiger partial charge in [-0.3, -0.25) is 9.78 Å². The van der Waals surface area contributed by atoms with Crippen molar-refractivity contribution in [1.29, 1.82) is 0 Å². The van der Waals surface area contributed by atoms with E-state index < -0.39 is 17.8 Å². The summed E-state index contributed by atoms with van der Waals surface area (Å²) in [5.41, 5.74) is -0.128. The van der Waals surface area contributed by atoms with E-state index in [1.165, 1.54) is 21.5 Å². The van der Waals surface area contributed by atoms with Gasteiger partial charge in [-0.05, 0) is 41.1 Å². The van der Waals surface area contributed by atoms with Crippen molar-refractivity contribution in [3.8, 4) is 11.5 Å². The largest absolute Gasteiger partial charge is 0.434 e. The lowest BCUT2D eigenvalue weighted by Crippen LogP contribution is -2.16. The fraction of sp³-hybridized carbons (Fsp3) is 0.250. The number of halogens is 3. The van der Waals surface area contributed by atoms with E-state index in [-0.39, 0.29) is 17.4 Å². The maximum absolute atomic E-state index is 12.9. The van der Waals surface area contributed by atoms with Gasteiger partial charge in [0.15, 0.2) is 17.3 Å². The number of nitrogens with one attached hydrogen (secondary N) is 1. The van der Waals surface area contributed by atoms with Crippen LogP contribution in [0.1, 0.15) is 47.3 Å². The molecule has 0 radical (unpaired) electrons. The van der Waals surface area contributed by atoms with Crippen molar-refractivity contribution in [3.05, 3.63) is 65.8 Å². The smallest absolute Gasteiger partial charge is 0.305 e. The van der Waals surface area contributed by atoms with E-state index in [9.17, 15) is 18.0 Å². The summed E-state index contributed by atoms with van der Waals surface area (Å²) < 4.78 is 41.4. The molecule has 0 aliphatic rings. The standard InChI is InChI=1S/C20H18F3N9O/c1-11(2)18-28-29-30-32(18)17-6-4-5-16(26-17)27-19(33)13-7-14(12(3)8-24-13)31-9-15(25-10-31)20(21,22)23/h4-11H,1-3H3,(H,26,27,33). The van der Waals surface area contributed by atoms with E-state index in [1.807, 2.05) is 13.8 Å². The van der Waals surface area contributed by atoms with Crippen LogP contribution >= 0.6 is 0 Å². The molecule has 4 aromatic rings. The molecule has 0 atom stereocenters. The molecule has 0 saturated carbocycles. The third-order valence-corrected chi connectivity index (χ3v) is 4.66. The molecular formula is C20H18F3N9O. The number of carbonyl (C=O) groups is 1. The fourth-order valence-corrected chi connectivity index (χ4v) is 3.02. The topological polar surface area (TPSA) is 116 Å². The Morgan fingerprint density at radius 3 is 2.67 bits per heavy atom. The van der Waals surface area contributed by atoms with Crippen LogP contribution < -0.4 is 5.32 Å². The summed E-state index contributed by atoms with van der Waals surface area (Å²) in [4.78, 5) is 24.6. The molecule has 1 N–H and O–H groups in total. The van der Waals surface area contributed by atoms with Gasteiger partial charge < -0.3 is 9.88 Å². The first-order chi connectivity index (χ1) is 15.6. The van der Waals surface area contributed by atoms with Crippen LogP contribution in [0.15, 0.2) is 43.0 Å². The van der Waals surface area contributed by atoms with Gasteiger partial charge in [0, 0.05) is 18.3 Å². The molecule has 0 bridgehead atoms. The second-order valence-corrected chi connectivity index (χ2v) is 7.46. The molecule has 0 unspecified atom stereocenters. The van der Waals surface area contributed by atoms with Gasteiger partial charge in [-0.1, -0.05) is 19.9 Å². The first-order valence-electron chi connectivity index (χ1n) is 9.78. The summed E-state index contributed by atoms with van der Waals surface area (Å²) in [5.74, 6) is 0.717. The summed E-state index contributed by atoms with van der Waals surface area (Å²) >= 11 is 0. The number of aryl methyl sites for hydroxylation is 1. The zero-order valence-electron chi connectivity index (χ0n) is 17.7. The number of carbonyl (C=O) groups excluding carboxylic acids is 1. The van der Waals surface area contributed by atoms with E-state index in [4.69, 9.17) is 0 Å². The van der Waals surface area contributed by atoms with E-state index in [0.717, 1.165) is 12.5 Å². The highest BCUT2D eigenvalue weighted by Crippen LogP contribution is 2.28. The Kier molecular flexibility index (Phi) is 5.62. The molecule has 4 heterocycles. The van der Waals surface area contributed by atoms with Crippen molar-refractivity contribution in [2.24, 2.45) is 0 Å². The molecule has 10 nitrogen and oxygen atoms in total. The van der Waals surface area contributed by atoms with Gasteiger partial charge in [0.05, 0.1) is 12.0 Å². The zero-order valence-corrected chi connectivity index (χ0v) is 17.7. The molecule has 4 aromatic heterocycles. The molecule has 13 heteroatoms. The average molecular weight is 457 g/mol. The van der Waals surface area contributed by atoms with Gasteiger partial charge in [0.1, 0.15) is 11.5 Å². The number of hydrogen-bond acceptors (Lipinski definition) is 7. The van der Waals surface area contributed by atoms with Crippen LogP contribution in [0.3, 0.4) is 0 Å².